The molecule has 4 nitrogen and oxygen atoms in total. The Bertz CT molecular complexity index is 902. The highest BCUT2D eigenvalue weighted by atomic mass is 35.5. The van der Waals surface area contributed by atoms with Crippen LogP contribution in [0.4, 0.5) is 0 Å². The van der Waals surface area contributed by atoms with Crippen LogP contribution < -0.4 is 5.32 Å². The van der Waals surface area contributed by atoms with Crippen LogP contribution in [0.1, 0.15) is 11.1 Å². The van der Waals surface area contributed by atoms with Gasteiger partial charge in [-0.05, 0) is 42.3 Å². The van der Waals surface area contributed by atoms with Crippen LogP contribution in [0.15, 0.2) is 59.6 Å². The molecule has 24 heavy (non-hydrogen) atoms. The maximum atomic E-state index is 11.4. The first kappa shape index (κ1) is 18.5. The summed E-state index contributed by atoms with van der Waals surface area (Å²) in [5, 5.41) is 4.67. The van der Waals surface area contributed by atoms with Gasteiger partial charge < -0.3 is 10.3 Å². The minimum atomic E-state index is -3.12. The minimum absolute atomic E-state index is 0. The number of aromatic amines is 1. The number of benzene rings is 2. The van der Waals surface area contributed by atoms with E-state index in [9.17, 15) is 8.42 Å². The third-order valence-electron chi connectivity index (χ3n) is 3.93. The molecular formula is C18H21ClN2O2S. The predicted octanol–water partition coefficient (Wildman–Crippen LogP) is 3.33. The smallest absolute Gasteiger partial charge is 0.175 e. The van der Waals surface area contributed by atoms with Crippen LogP contribution in [0, 0.1) is 0 Å². The molecule has 1 heterocycles. The van der Waals surface area contributed by atoms with Gasteiger partial charge in [0.2, 0.25) is 0 Å². The minimum Gasteiger partial charge on any atom is -0.361 e. The molecule has 0 fully saturated rings. The van der Waals surface area contributed by atoms with Crippen molar-refractivity contribution in [2.45, 2.75) is 17.9 Å². The van der Waals surface area contributed by atoms with Crippen LogP contribution in [-0.4, -0.2) is 26.2 Å². The summed E-state index contributed by atoms with van der Waals surface area (Å²) in [7, 11) is -3.12. The molecule has 0 radical (unpaired) electrons. The Labute approximate surface area is 148 Å². The van der Waals surface area contributed by atoms with Crippen LogP contribution >= 0.6 is 12.4 Å². The van der Waals surface area contributed by atoms with Gasteiger partial charge in [-0.2, -0.15) is 0 Å². The van der Waals surface area contributed by atoms with Crippen molar-refractivity contribution in [3.05, 3.63) is 65.9 Å². The van der Waals surface area contributed by atoms with Crippen LogP contribution in [0.25, 0.3) is 10.9 Å². The second kappa shape index (κ2) is 7.83. The zero-order valence-corrected chi connectivity index (χ0v) is 15.1. The van der Waals surface area contributed by atoms with Crippen molar-refractivity contribution in [2.24, 2.45) is 0 Å². The maximum absolute atomic E-state index is 11.4. The Morgan fingerprint density at radius 2 is 1.75 bits per heavy atom. The molecule has 0 amide bonds. The number of aromatic nitrogens is 1. The van der Waals surface area contributed by atoms with Crippen molar-refractivity contribution < 1.29 is 8.42 Å². The zero-order chi connectivity index (χ0) is 16.3. The fraction of sp³-hybridized carbons (Fsp3) is 0.222. The highest BCUT2D eigenvalue weighted by molar-refractivity contribution is 7.90. The Balaban J connectivity index is 0.00000208. The van der Waals surface area contributed by atoms with Gasteiger partial charge in [-0.15, -0.1) is 12.4 Å². The van der Waals surface area contributed by atoms with Crippen LogP contribution in [0.3, 0.4) is 0 Å². The highest BCUT2D eigenvalue weighted by Gasteiger charge is 2.06. The molecule has 0 aliphatic rings. The van der Waals surface area contributed by atoms with E-state index in [0.717, 1.165) is 25.1 Å². The molecule has 0 atom stereocenters. The number of H-pyrrole nitrogens is 1. The second-order valence-electron chi connectivity index (χ2n) is 5.70. The van der Waals surface area contributed by atoms with Crippen molar-refractivity contribution in [3.8, 4) is 0 Å². The van der Waals surface area contributed by atoms with E-state index >= 15 is 0 Å². The van der Waals surface area contributed by atoms with E-state index in [2.05, 4.69) is 34.7 Å². The van der Waals surface area contributed by atoms with Crippen LogP contribution in [-0.2, 0) is 22.8 Å². The molecular weight excluding hydrogens is 344 g/mol. The SMILES string of the molecule is CS(=O)(=O)c1ccc(CNCCc2c[nH]c3ccccc23)cc1.Cl. The fourth-order valence-corrected chi connectivity index (χ4v) is 3.28. The maximum Gasteiger partial charge on any atom is 0.175 e. The summed E-state index contributed by atoms with van der Waals surface area (Å²) < 4.78 is 22.8. The first-order chi connectivity index (χ1) is 11.0. The van der Waals surface area contributed by atoms with Crippen LogP contribution in [0.2, 0.25) is 0 Å². The topological polar surface area (TPSA) is 62.0 Å². The van der Waals surface area contributed by atoms with Gasteiger partial charge in [0.25, 0.3) is 0 Å². The molecule has 0 aliphatic carbocycles. The Morgan fingerprint density at radius 3 is 2.46 bits per heavy atom. The van der Waals surface area contributed by atoms with E-state index in [0.29, 0.717) is 4.90 Å². The van der Waals surface area contributed by atoms with Crippen molar-refractivity contribution in [3.63, 3.8) is 0 Å². The first-order valence-electron chi connectivity index (χ1n) is 7.59. The number of hydrogen-bond donors (Lipinski definition) is 2. The van der Waals surface area contributed by atoms with Crippen molar-refractivity contribution in [1.29, 1.82) is 0 Å². The average molecular weight is 365 g/mol. The third-order valence-corrected chi connectivity index (χ3v) is 5.06. The number of fused-ring (bicyclic) bond motifs is 1. The summed E-state index contributed by atoms with van der Waals surface area (Å²) in [6, 6.07) is 15.3. The monoisotopic (exact) mass is 364 g/mol. The molecule has 0 saturated carbocycles. The number of sulfone groups is 1. The molecule has 2 aromatic carbocycles. The van der Waals surface area contributed by atoms with E-state index in [1.807, 2.05) is 18.2 Å². The number of halogens is 1. The molecule has 0 saturated heterocycles. The molecule has 0 unspecified atom stereocenters. The molecule has 3 rings (SSSR count). The summed E-state index contributed by atoms with van der Waals surface area (Å²) in [5.74, 6) is 0. The van der Waals surface area contributed by atoms with Gasteiger partial charge in [0, 0.05) is 29.9 Å². The van der Waals surface area contributed by atoms with Crippen molar-refractivity contribution in [2.75, 3.05) is 12.8 Å². The van der Waals surface area contributed by atoms with E-state index in [1.165, 1.54) is 22.7 Å². The largest absolute Gasteiger partial charge is 0.361 e. The summed E-state index contributed by atoms with van der Waals surface area (Å²) in [6.07, 6.45) is 4.24. The van der Waals surface area contributed by atoms with Gasteiger partial charge >= 0.3 is 0 Å². The van der Waals surface area contributed by atoms with Gasteiger partial charge in [-0.1, -0.05) is 30.3 Å². The van der Waals surface area contributed by atoms with Gasteiger partial charge in [-0.3, -0.25) is 0 Å². The Kier molecular flexibility index (Phi) is 6.04. The molecule has 6 heteroatoms. The molecule has 1 aromatic heterocycles. The lowest BCUT2D eigenvalue weighted by Gasteiger charge is -2.06. The molecule has 3 aromatic rings. The molecule has 2 N–H and O–H groups in total. The second-order valence-corrected chi connectivity index (χ2v) is 7.72. The summed E-state index contributed by atoms with van der Waals surface area (Å²) in [6.45, 7) is 1.60. The van der Waals surface area contributed by atoms with E-state index in [4.69, 9.17) is 0 Å². The van der Waals surface area contributed by atoms with E-state index in [-0.39, 0.29) is 12.4 Å². The lowest BCUT2D eigenvalue weighted by atomic mass is 10.1. The number of para-hydroxylation sites is 1. The predicted molar refractivity (Wildman–Crippen MR) is 101 cm³/mol. The summed E-state index contributed by atoms with van der Waals surface area (Å²) in [4.78, 5) is 3.64. The first-order valence-corrected chi connectivity index (χ1v) is 9.48. The van der Waals surface area contributed by atoms with Crippen LogP contribution in [0.5, 0.6) is 0 Å². The average Bonchev–Trinajstić information content (AvgIpc) is 2.94. The summed E-state index contributed by atoms with van der Waals surface area (Å²) in [5.41, 5.74) is 3.55. The molecule has 0 aliphatic heterocycles. The molecule has 0 spiro atoms. The zero-order valence-electron chi connectivity index (χ0n) is 13.5. The number of nitrogens with one attached hydrogen (secondary N) is 2. The quantitative estimate of drug-likeness (QED) is 0.659. The molecule has 0 bridgehead atoms. The van der Waals surface area contributed by atoms with Crippen molar-refractivity contribution in [1.82, 2.24) is 10.3 Å². The van der Waals surface area contributed by atoms with Gasteiger partial charge in [0.1, 0.15) is 0 Å². The van der Waals surface area contributed by atoms with Gasteiger partial charge in [0.05, 0.1) is 4.90 Å². The van der Waals surface area contributed by atoms with Gasteiger partial charge in [-0.25, -0.2) is 8.42 Å². The van der Waals surface area contributed by atoms with E-state index < -0.39 is 9.84 Å². The lowest BCUT2D eigenvalue weighted by molar-refractivity contribution is 0.601. The Hall–Kier alpha value is -1.82. The lowest BCUT2D eigenvalue weighted by Crippen LogP contribution is -2.16. The standard InChI is InChI=1S/C18H20N2O2S.ClH/c1-23(21,22)16-8-6-14(7-9-16)12-19-11-10-15-13-20-18-5-3-2-4-17(15)18;/h2-9,13,19-20H,10-12H2,1H3;1H. The highest BCUT2D eigenvalue weighted by Crippen LogP contribution is 2.17. The molecule has 128 valence electrons. The number of rotatable bonds is 6. The van der Waals surface area contributed by atoms with Crippen molar-refractivity contribution >= 4 is 33.1 Å². The summed E-state index contributed by atoms with van der Waals surface area (Å²) >= 11 is 0. The normalized spacial score (nSPS) is 11.4. The fourth-order valence-electron chi connectivity index (χ4n) is 2.65. The Morgan fingerprint density at radius 1 is 1.04 bits per heavy atom. The third kappa shape index (κ3) is 4.38. The number of hydrogen-bond acceptors (Lipinski definition) is 3. The van der Waals surface area contributed by atoms with E-state index in [1.54, 1.807) is 12.1 Å². The van der Waals surface area contributed by atoms with Gasteiger partial charge in [0.15, 0.2) is 9.84 Å².